The Bertz CT molecular complexity index is 896. The van der Waals surface area contributed by atoms with Crippen molar-refractivity contribution >= 4 is 56.2 Å². The average Bonchev–Trinajstić information content (AvgIpc) is 3.05. The standard InChI is InChI=1S/C15H16Cl2N4O3S2/c16-12-3-4-14(25-12)26(23,24)21-8-6-20(7-9-21)10-13(22)19-11-2-1-5-18-15(11)17/h1-5H,6-10H2,(H,19,22). The number of nitrogens with one attached hydrogen (secondary N) is 1. The van der Waals surface area contributed by atoms with Crippen LogP contribution in [0.25, 0.3) is 0 Å². The van der Waals surface area contributed by atoms with Gasteiger partial charge in [0.2, 0.25) is 5.91 Å². The summed E-state index contributed by atoms with van der Waals surface area (Å²) in [5.74, 6) is -0.221. The molecule has 3 heterocycles. The van der Waals surface area contributed by atoms with E-state index in [1.165, 1.54) is 10.4 Å². The van der Waals surface area contributed by atoms with Crippen LogP contribution in [0.1, 0.15) is 0 Å². The van der Waals surface area contributed by atoms with E-state index in [9.17, 15) is 13.2 Å². The molecule has 2 aromatic heterocycles. The van der Waals surface area contributed by atoms with Crippen LogP contribution < -0.4 is 5.32 Å². The van der Waals surface area contributed by atoms with E-state index in [2.05, 4.69) is 10.3 Å². The molecule has 1 saturated heterocycles. The highest BCUT2D eigenvalue weighted by Gasteiger charge is 2.30. The van der Waals surface area contributed by atoms with E-state index >= 15 is 0 Å². The smallest absolute Gasteiger partial charge is 0.252 e. The second kappa shape index (κ2) is 8.20. The Morgan fingerprint density at radius 1 is 1.19 bits per heavy atom. The molecule has 1 fully saturated rings. The van der Waals surface area contributed by atoms with E-state index in [0.29, 0.717) is 36.2 Å². The number of aromatic nitrogens is 1. The monoisotopic (exact) mass is 434 g/mol. The number of sulfonamides is 1. The number of carbonyl (C=O) groups is 1. The first-order valence-corrected chi connectivity index (χ1v) is 10.8. The van der Waals surface area contributed by atoms with Crippen LogP contribution in [-0.4, -0.2) is 61.2 Å². The molecule has 3 rings (SSSR count). The molecule has 11 heteroatoms. The number of halogens is 2. The predicted octanol–water partition coefficient (Wildman–Crippen LogP) is 2.39. The molecule has 2 aromatic rings. The molecule has 0 radical (unpaired) electrons. The molecule has 1 amide bonds. The minimum Gasteiger partial charge on any atom is -0.322 e. The molecule has 0 bridgehead atoms. The van der Waals surface area contributed by atoms with Gasteiger partial charge >= 0.3 is 0 Å². The highest BCUT2D eigenvalue weighted by atomic mass is 35.5. The number of anilines is 1. The summed E-state index contributed by atoms with van der Waals surface area (Å²) in [5.41, 5.74) is 0.454. The van der Waals surface area contributed by atoms with Crippen molar-refractivity contribution in [1.82, 2.24) is 14.2 Å². The minimum absolute atomic E-state index is 0.157. The van der Waals surface area contributed by atoms with Crippen molar-refractivity contribution in [2.75, 3.05) is 38.0 Å². The molecule has 1 aliphatic rings. The maximum Gasteiger partial charge on any atom is 0.252 e. The maximum absolute atomic E-state index is 12.6. The summed E-state index contributed by atoms with van der Waals surface area (Å²) in [4.78, 5) is 17.9. The van der Waals surface area contributed by atoms with Gasteiger partial charge in [0.15, 0.2) is 5.15 Å². The molecule has 0 unspecified atom stereocenters. The first-order chi connectivity index (χ1) is 12.4. The minimum atomic E-state index is -3.53. The van der Waals surface area contributed by atoms with E-state index in [1.54, 1.807) is 24.4 Å². The number of hydrogen-bond acceptors (Lipinski definition) is 6. The lowest BCUT2D eigenvalue weighted by molar-refractivity contribution is -0.117. The van der Waals surface area contributed by atoms with Crippen molar-refractivity contribution in [2.24, 2.45) is 0 Å². The number of piperazine rings is 1. The van der Waals surface area contributed by atoms with Gasteiger partial charge in [-0.3, -0.25) is 9.69 Å². The van der Waals surface area contributed by atoms with Gasteiger partial charge in [0, 0.05) is 32.4 Å². The molecule has 140 valence electrons. The van der Waals surface area contributed by atoms with Gasteiger partial charge in [0.05, 0.1) is 16.6 Å². The summed E-state index contributed by atoms with van der Waals surface area (Å²) in [7, 11) is -3.53. The fourth-order valence-electron chi connectivity index (χ4n) is 2.56. The largest absolute Gasteiger partial charge is 0.322 e. The third-order valence-electron chi connectivity index (χ3n) is 3.87. The van der Waals surface area contributed by atoms with Gasteiger partial charge in [-0.1, -0.05) is 23.2 Å². The number of nitrogens with zero attached hydrogens (tertiary/aromatic N) is 3. The van der Waals surface area contributed by atoms with Crippen molar-refractivity contribution in [1.29, 1.82) is 0 Å². The average molecular weight is 435 g/mol. The zero-order valence-electron chi connectivity index (χ0n) is 13.6. The Kier molecular flexibility index (Phi) is 6.16. The highest BCUT2D eigenvalue weighted by Crippen LogP contribution is 2.28. The van der Waals surface area contributed by atoms with E-state index in [1.807, 2.05) is 4.90 Å². The van der Waals surface area contributed by atoms with E-state index in [-0.39, 0.29) is 21.8 Å². The van der Waals surface area contributed by atoms with Crippen molar-refractivity contribution in [3.8, 4) is 0 Å². The molecule has 7 nitrogen and oxygen atoms in total. The van der Waals surface area contributed by atoms with Gasteiger partial charge in [0.25, 0.3) is 10.0 Å². The summed E-state index contributed by atoms with van der Waals surface area (Å²) >= 11 is 12.8. The van der Waals surface area contributed by atoms with Gasteiger partial charge in [-0.2, -0.15) is 4.31 Å². The Labute approximate surface area is 165 Å². The van der Waals surface area contributed by atoms with Crippen LogP contribution in [0.3, 0.4) is 0 Å². The lowest BCUT2D eigenvalue weighted by atomic mass is 10.3. The number of thiophene rings is 1. The van der Waals surface area contributed by atoms with Crippen LogP contribution in [0.5, 0.6) is 0 Å². The fraction of sp³-hybridized carbons (Fsp3) is 0.333. The summed E-state index contributed by atoms with van der Waals surface area (Å²) in [6.07, 6.45) is 1.54. The van der Waals surface area contributed by atoms with Crippen molar-refractivity contribution in [2.45, 2.75) is 4.21 Å². The molecular formula is C15H16Cl2N4O3S2. The first-order valence-electron chi connectivity index (χ1n) is 7.74. The Morgan fingerprint density at radius 3 is 2.54 bits per heavy atom. The number of rotatable bonds is 5. The predicted molar refractivity (Wildman–Crippen MR) is 102 cm³/mol. The molecule has 26 heavy (non-hydrogen) atoms. The molecule has 0 atom stereocenters. The summed E-state index contributed by atoms with van der Waals surface area (Å²) in [6.45, 7) is 1.72. The van der Waals surface area contributed by atoms with E-state index in [4.69, 9.17) is 23.2 Å². The molecule has 1 N–H and O–H groups in total. The van der Waals surface area contributed by atoms with Crippen LogP contribution in [0.4, 0.5) is 5.69 Å². The molecule has 0 aliphatic carbocycles. The van der Waals surface area contributed by atoms with Crippen molar-refractivity contribution in [3.05, 3.63) is 40.0 Å². The zero-order chi connectivity index (χ0) is 18.7. The number of amides is 1. The number of carbonyl (C=O) groups excluding carboxylic acids is 1. The normalized spacial score (nSPS) is 16.5. The molecule has 0 aromatic carbocycles. The van der Waals surface area contributed by atoms with Gasteiger partial charge < -0.3 is 5.32 Å². The quantitative estimate of drug-likeness (QED) is 0.730. The van der Waals surface area contributed by atoms with Crippen LogP contribution >= 0.6 is 34.5 Å². The molecular weight excluding hydrogens is 419 g/mol. The van der Waals surface area contributed by atoms with Gasteiger partial charge in [-0.15, -0.1) is 11.3 Å². The molecule has 0 spiro atoms. The molecule has 1 aliphatic heterocycles. The highest BCUT2D eigenvalue weighted by molar-refractivity contribution is 7.91. The second-order valence-electron chi connectivity index (χ2n) is 5.63. The van der Waals surface area contributed by atoms with Gasteiger partial charge in [0.1, 0.15) is 4.21 Å². The number of pyridine rings is 1. The third-order valence-corrected chi connectivity index (χ3v) is 7.77. The topological polar surface area (TPSA) is 82.6 Å². The number of hydrogen-bond donors (Lipinski definition) is 1. The Morgan fingerprint density at radius 2 is 1.92 bits per heavy atom. The lowest BCUT2D eigenvalue weighted by Crippen LogP contribution is -2.50. The first kappa shape index (κ1) is 19.5. The lowest BCUT2D eigenvalue weighted by Gasteiger charge is -2.33. The van der Waals surface area contributed by atoms with Crippen LogP contribution in [0.2, 0.25) is 9.49 Å². The third kappa shape index (κ3) is 4.54. The molecule has 0 saturated carbocycles. The van der Waals surface area contributed by atoms with Crippen molar-refractivity contribution < 1.29 is 13.2 Å². The Hall–Kier alpha value is -1.23. The second-order valence-corrected chi connectivity index (χ2v) is 9.87. The van der Waals surface area contributed by atoms with Gasteiger partial charge in [-0.05, 0) is 24.3 Å². The fourth-order valence-corrected chi connectivity index (χ4v) is 5.79. The zero-order valence-corrected chi connectivity index (χ0v) is 16.7. The van der Waals surface area contributed by atoms with Crippen LogP contribution in [-0.2, 0) is 14.8 Å². The van der Waals surface area contributed by atoms with Crippen LogP contribution in [0, 0.1) is 0 Å². The van der Waals surface area contributed by atoms with Gasteiger partial charge in [-0.25, -0.2) is 13.4 Å². The van der Waals surface area contributed by atoms with Crippen LogP contribution in [0.15, 0.2) is 34.7 Å². The Balaban J connectivity index is 1.54. The van der Waals surface area contributed by atoms with E-state index < -0.39 is 10.0 Å². The van der Waals surface area contributed by atoms with Crippen molar-refractivity contribution in [3.63, 3.8) is 0 Å². The summed E-state index contributed by atoms with van der Waals surface area (Å²) in [6, 6.07) is 6.44. The SMILES string of the molecule is O=C(CN1CCN(S(=O)(=O)c2ccc(Cl)s2)CC1)Nc1cccnc1Cl. The maximum atomic E-state index is 12.6. The summed E-state index contributed by atoms with van der Waals surface area (Å²) in [5, 5.41) is 2.94. The summed E-state index contributed by atoms with van der Waals surface area (Å²) < 4.78 is 27.2. The van der Waals surface area contributed by atoms with E-state index in [0.717, 1.165) is 11.3 Å².